The fourth-order valence-corrected chi connectivity index (χ4v) is 2.66. The zero-order valence-corrected chi connectivity index (χ0v) is 13.4. The SMILES string of the molecule is C=CCc1c(O)cc(O)c2c(=O)c(O)c(-c3ccc(OC)cc3)oc12. The van der Waals surface area contributed by atoms with Gasteiger partial charge < -0.3 is 24.5 Å². The maximum Gasteiger partial charge on any atom is 0.238 e. The van der Waals surface area contributed by atoms with Crippen LogP contribution in [0.4, 0.5) is 0 Å². The summed E-state index contributed by atoms with van der Waals surface area (Å²) >= 11 is 0. The van der Waals surface area contributed by atoms with Crippen molar-refractivity contribution >= 4 is 11.0 Å². The van der Waals surface area contributed by atoms with Gasteiger partial charge in [0.15, 0.2) is 5.76 Å². The summed E-state index contributed by atoms with van der Waals surface area (Å²) in [4.78, 5) is 12.5. The van der Waals surface area contributed by atoms with Gasteiger partial charge in [-0.25, -0.2) is 0 Å². The molecule has 0 bridgehead atoms. The lowest BCUT2D eigenvalue weighted by Crippen LogP contribution is -2.04. The summed E-state index contributed by atoms with van der Waals surface area (Å²) in [7, 11) is 1.52. The van der Waals surface area contributed by atoms with Gasteiger partial charge in [0.25, 0.3) is 0 Å². The van der Waals surface area contributed by atoms with E-state index in [0.717, 1.165) is 6.07 Å². The van der Waals surface area contributed by atoms with Crippen LogP contribution in [-0.4, -0.2) is 22.4 Å². The van der Waals surface area contributed by atoms with Crippen molar-refractivity contribution in [1.82, 2.24) is 0 Å². The molecular formula is C19H16O6. The van der Waals surface area contributed by atoms with E-state index >= 15 is 0 Å². The van der Waals surface area contributed by atoms with Crippen molar-refractivity contribution in [2.24, 2.45) is 0 Å². The molecule has 3 N–H and O–H groups in total. The van der Waals surface area contributed by atoms with Gasteiger partial charge in [0.2, 0.25) is 11.2 Å². The van der Waals surface area contributed by atoms with E-state index < -0.39 is 16.9 Å². The molecule has 2 aromatic carbocycles. The molecule has 0 atom stereocenters. The van der Waals surface area contributed by atoms with Gasteiger partial charge in [-0.2, -0.15) is 0 Å². The molecule has 0 fully saturated rings. The third-order valence-electron chi connectivity index (χ3n) is 3.90. The Balaban J connectivity index is 2.37. The molecule has 3 aromatic rings. The lowest BCUT2D eigenvalue weighted by molar-refractivity contribution is 0.414. The first kappa shape index (κ1) is 16.4. The van der Waals surface area contributed by atoms with Crippen LogP contribution in [0.15, 0.2) is 52.2 Å². The number of rotatable bonds is 4. The third-order valence-corrected chi connectivity index (χ3v) is 3.90. The van der Waals surface area contributed by atoms with E-state index in [1.165, 1.54) is 13.2 Å². The van der Waals surface area contributed by atoms with Crippen LogP contribution in [0.5, 0.6) is 23.0 Å². The number of allylic oxidation sites excluding steroid dienone is 1. The normalized spacial score (nSPS) is 10.8. The fraction of sp³-hybridized carbons (Fsp3) is 0.105. The Hall–Kier alpha value is -3.41. The molecule has 0 radical (unpaired) electrons. The second kappa shape index (κ2) is 6.24. The number of phenols is 2. The number of fused-ring (bicyclic) bond motifs is 1. The Morgan fingerprint density at radius 1 is 1.16 bits per heavy atom. The van der Waals surface area contributed by atoms with Gasteiger partial charge in [-0.05, 0) is 30.7 Å². The number of benzene rings is 2. The van der Waals surface area contributed by atoms with E-state index in [2.05, 4.69) is 6.58 Å². The molecule has 3 rings (SSSR count). The molecule has 0 saturated carbocycles. The van der Waals surface area contributed by atoms with Crippen LogP contribution in [0.25, 0.3) is 22.3 Å². The topological polar surface area (TPSA) is 100 Å². The summed E-state index contributed by atoms with van der Waals surface area (Å²) in [5, 5.41) is 30.1. The summed E-state index contributed by atoms with van der Waals surface area (Å²) in [6.45, 7) is 3.61. The van der Waals surface area contributed by atoms with Gasteiger partial charge in [0.05, 0.1) is 7.11 Å². The highest BCUT2D eigenvalue weighted by atomic mass is 16.5. The highest BCUT2D eigenvalue weighted by Gasteiger charge is 2.22. The Morgan fingerprint density at radius 3 is 2.44 bits per heavy atom. The fourth-order valence-electron chi connectivity index (χ4n) is 2.66. The van der Waals surface area contributed by atoms with Crippen LogP contribution < -0.4 is 10.2 Å². The molecule has 0 saturated heterocycles. The number of aromatic hydroxyl groups is 3. The highest BCUT2D eigenvalue weighted by molar-refractivity contribution is 5.91. The van der Waals surface area contributed by atoms with Crippen LogP contribution in [0.3, 0.4) is 0 Å². The van der Waals surface area contributed by atoms with Crippen LogP contribution in [-0.2, 0) is 6.42 Å². The lowest BCUT2D eigenvalue weighted by Gasteiger charge is -2.11. The summed E-state index contributed by atoms with van der Waals surface area (Å²) in [5.41, 5.74) is -0.0276. The summed E-state index contributed by atoms with van der Waals surface area (Å²) in [6, 6.07) is 7.61. The smallest absolute Gasteiger partial charge is 0.238 e. The zero-order chi connectivity index (χ0) is 18.1. The van der Waals surface area contributed by atoms with E-state index in [1.807, 2.05) is 0 Å². The molecule has 1 heterocycles. The van der Waals surface area contributed by atoms with Gasteiger partial charge >= 0.3 is 0 Å². The van der Waals surface area contributed by atoms with Gasteiger partial charge in [-0.15, -0.1) is 6.58 Å². The first-order chi connectivity index (χ1) is 12.0. The van der Waals surface area contributed by atoms with E-state index in [1.54, 1.807) is 24.3 Å². The average Bonchev–Trinajstić information content (AvgIpc) is 2.61. The van der Waals surface area contributed by atoms with Crippen LogP contribution in [0, 0.1) is 0 Å². The highest BCUT2D eigenvalue weighted by Crippen LogP contribution is 2.38. The van der Waals surface area contributed by atoms with Crippen molar-refractivity contribution in [2.45, 2.75) is 6.42 Å². The predicted molar refractivity (Wildman–Crippen MR) is 93.4 cm³/mol. The van der Waals surface area contributed by atoms with Crippen molar-refractivity contribution in [2.75, 3.05) is 7.11 Å². The molecule has 0 aliphatic carbocycles. The first-order valence-corrected chi connectivity index (χ1v) is 7.46. The number of methoxy groups -OCH3 is 1. The molecule has 25 heavy (non-hydrogen) atoms. The van der Waals surface area contributed by atoms with Crippen molar-refractivity contribution in [3.8, 4) is 34.3 Å². The number of hydrogen-bond donors (Lipinski definition) is 3. The minimum atomic E-state index is -0.783. The second-order valence-electron chi connectivity index (χ2n) is 5.43. The van der Waals surface area contributed by atoms with Crippen molar-refractivity contribution in [3.63, 3.8) is 0 Å². The van der Waals surface area contributed by atoms with Crippen LogP contribution in [0.2, 0.25) is 0 Å². The monoisotopic (exact) mass is 340 g/mol. The minimum Gasteiger partial charge on any atom is -0.507 e. The lowest BCUT2D eigenvalue weighted by atomic mass is 10.0. The maximum absolute atomic E-state index is 12.5. The van der Waals surface area contributed by atoms with E-state index in [-0.39, 0.29) is 28.9 Å². The Bertz CT molecular complexity index is 1010. The van der Waals surface area contributed by atoms with Gasteiger partial charge in [0, 0.05) is 17.2 Å². The molecule has 0 spiro atoms. The second-order valence-corrected chi connectivity index (χ2v) is 5.43. The van der Waals surface area contributed by atoms with E-state index in [0.29, 0.717) is 16.9 Å². The molecule has 0 amide bonds. The van der Waals surface area contributed by atoms with Crippen molar-refractivity contribution in [1.29, 1.82) is 0 Å². The Labute approximate surface area is 142 Å². The van der Waals surface area contributed by atoms with Gasteiger partial charge in [-0.1, -0.05) is 6.08 Å². The number of phenolic OH excluding ortho intramolecular Hbond substituents is 2. The van der Waals surface area contributed by atoms with Crippen LogP contribution >= 0.6 is 0 Å². The third kappa shape index (κ3) is 2.67. The molecule has 6 heteroatoms. The predicted octanol–water partition coefficient (Wildman–Crippen LogP) is 3.31. The molecular weight excluding hydrogens is 324 g/mol. The molecule has 0 aliphatic rings. The summed E-state index contributed by atoms with van der Waals surface area (Å²) in [6.07, 6.45) is 1.75. The van der Waals surface area contributed by atoms with Crippen LogP contribution in [0.1, 0.15) is 5.56 Å². The average molecular weight is 340 g/mol. The standard InChI is InChI=1S/C19H16O6/c1-3-4-12-13(20)9-14(21)15-16(22)17(23)18(25-19(12)15)10-5-7-11(24-2)8-6-10/h3,5-9,20-21,23H,1,4H2,2H3. The summed E-state index contributed by atoms with van der Waals surface area (Å²) in [5.74, 6) is -0.766. The molecule has 6 nitrogen and oxygen atoms in total. The number of ether oxygens (including phenoxy) is 1. The maximum atomic E-state index is 12.5. The van der Waals surface area contributed by atoms with E-state index in [4.69, 9.17) is 9.15 Å². The molecule has 0 aliphatic heterocycles. The van der Waals surface area contributed by atoms with Crippen molar-refractivity contribution in [3.05, 3.63) is 58.8 Å². The Morgan fingerprint density at radius 2 is 1.84 bits per heavy atom. The molecule has 0 unspecified atom stereocenters. The van der Waals surface area contributed by atoms with Crippen molar-refractivity contribution < 1.29 is 24.5 Å². The molecule has 128 valence electrons. The zero-order valence-electron chi connectivity index (χ0n) is 13.4. The first-order valence-electron chi connectivity index (χ1n) is 7.46. The van der Waals surface area contributed by atoms with E-state index in [9.17, 15) is 20.1 Å². The Kier molecular flexibility index (Phi) is 4.10. The summed E-state index contributed by atoms with van der Waals surface area (Å²) < 4.78 is 10.8. The minimum absolute atomic E-state index is 0.00557. The van der Waals surface area contributed by atoms with Gasteiger partial charge in [0.1, 0.15) is 28.2 Å². The molecule has 1 aromatic heterocycles. The largest absolute Gasteiger partial charge is 0.507 e. The number of hydrogen-bond acceptors (Lipinski definition) is 6. The van der Waals surface area contributed by atoms with Gasteiger partial charge in [-0.3, -0.25) is 4.79 Å². The quantitative estimate of drug-likeness (QED) is 0.630.